The highest BCUT2D eigenvalue weighted by Crippen LogP contribution is 2.32. The van der Waals surface area contributed by atoms with Gasteiger partial charge in [0.05, 0.1) is 6.54 Å². The first-order valence-electron chi connectivity index (χ1n) is 9.10. The van der Waals surface area contributed by atoms with E-state index in [4.69, 9.17) is 9.47 Å². The number of ether oxygens (including phenoxy) is 2. The summed E-state index contributed by atoms with van der Waals surface area (Å²) in [5.74, 6) is 1.67. The van der Waals surface area contributed by atoms with Crippen LogP contribution in [-0.2, 0) is 11.3 Å². The largest absolute Gasteiger partial charge is 0.457 e. The number of carbonyl (C=O) groups excluding carboxylic acids is 1. The number of likely N-dealkylation sites (tertiary alicyclic amines) is 1. The molecule has 136 valence electrons. The van der Waals surface area contributed by atoms with Gasteiger partial charge in [0, 0.05) is 20.1 Å². The van der Waals surface area contributed by atoms with Crippen molar-refractivity contribution in [3.63, 3.8) is 0 Å². The highest BCUT2D eigenvalue weighted by atomic mass is 16.6. The zero-order valence-electron chi connectivity index (χ0n) is 15.1. The van der Waals surface area contributed by atoms with Crippen molar-refractivity contribution in [3.8, 4) is 11.5 Å². The predicted molar refractivity (Wildman–Crippen MR) is 99.3 cm³/mol. The quantitative estimate of drug-likeness (QED) is 0.837. The van der Waals surface area contributed by atoms with Gasteiger partial charge < -0.3 is 14.4 Å². The molecular formula is C21H24N2O3. The van der Waals surface area contributed by atoms with Crippen LogP contribution < -0.4 is 4.74 Å². The molecule has 4 rings (SSSR count). The molecule has 26 heavy (non-hydrogen) atoms. The lowest BCUT2D eigenvalue weighted by atomic mass is 9.92. The van der Waals surface area contributed by atoms with Crippen molar-refractivity contribution in [2.45, 2.75) is 25.0 Å². The highest BCUT2D eigenvalue weighted by molar-refractivity contribution is 5.70. The molecule has 2 aliphatic rings. The topological polar surface area (TPSA) is 42.0 Å². The summed E-state index contributed by atoms with van der Waals surface area (Å²) in [6, 6.07) is 18.0. The first kappa shape index (κ1) is 16.9. The molecule has 2 aromatic rings. The van der Waals surface area contributed by atoms with Crippen molar-refractivity contribution in [2.75, 3.05) is 26.7 Å². The lowest BCUT2D eigenvalue weighted by Crippen LogP contribution is -2.50. The second kappa shape index (κ2) is 7.00. The first-order valence-corrected chi connectivity index (χ1v) is 9.10. The number of carbonyl (C=O) groups is 1. The summed E-state index contributed by atoms with van der Waals surface area (Å²) in [4.78, 5) is 15.8. The Kier molecular flexibility index (Phi) is 4.55. The number of benzene rings is 2. The lowest BCUT2D eigenvalue weighted by Gasteiger charge is -2.38. The van der Waals surface area contributed by atoms with E-state index in [0.717, 1.165) is 44.0 Å². The molecule has 1 amide bonds. The summed E-state index contributed by atoms with van der Waals surface area (Å²) in [5.41, 5.74) is 0.903. The van der Waals surface area contributed by atoms with Gasteiger partial charge in [0.25, 0.3) is 0 Å². The van der Waals surface area contributed by atoms with Crippen molar-refractivity contribution in [3.05, 3.63) is 60.2 Å². The molecule has 5 nitrogen and oxygen atoms in total. The van der Waals surface area contributed by atoms with E-state index in [2.05, 4.69) is 17.0 Å². The number of rotatable bonds is 4. The SMILES string of the molecule is CN1C[C@@]2(CCCN(Cc3ccc(Oc4ccccc4)cc3)C2)OC1=O. The Morgan fingerprint density at radius 1 is 1.04 bits per heavy atom. The van der Waals surface area contributed by atoms with Crippen molar-refractivity contribution in [1.29, 1.82) is 0 Å². The van der Waals surface area contributed by atoms with Crippen LogP contribution in [0.1, 0.15) is 18.4 Å². The minimum absolute atomic E-state index is 0.200. The number of para-hydroxylation sites is 1. The third-order valence-electron chi connectivity index (χ3n) is 5.07. The van der Waals surface area contributed by atoms with Crippen molar-refractivity contribution in [1.82, 2.24) is 9.80 Å². The van der Waals surface area contributed by atoms with Gasteiger partial charge in [-0.2, -0.15) is 0 Å². The Balaban J connectivity index is 1.37. The molecule has 1 atom stereocenters. The molecule has 0 N–H and O–H groups in total. The molecule has 5 heteroatoms. The molecule has 2 fully saturated rings. The number of amides is 1. The molecule has 0 bridgehead atoms. The molecule has 2 aromatic carbocycles. The average molecular weight is 352 g/mol. The Labute approximate surface area is 154 Å². The first-order chi connectivity index (χ1) is 12.6. The van der Waals surface area contributed by atoms with E-state index in [1.165, 1.54) is 5.56 Å². The molecule has 2 heterocycles. The van der Waals surface area contributed by atoms with E-state index in [0.29, 0.717) is 6.54 Å². The monoisotopic (exact) mass is 352 g/mol. The summed E-state index contributed by atoms with van der Waals surface area (Å²) in [7, 11) is 1.81. The number of hydrogen-bond donors (Lipinski definition) is 0. The predicted octanol–water partition coefficient (Wildman–Crippen LogP) is 3.90. The summed E-state index contributed by atoms with van der Waals surface area (Å²) >= 11 is 0. The van der Waals surface area contributed by atoms with Crippen molar-refractivity contribution < 1.29 is 14.3 Å². The van der Waals surface area contributed by atoms with E-state index < -0.39 is 0 Å². The number of piperidine rings is 1. The van der Waals surface area contributed by atoms with Gasteiger partial charge in [-0.15, -0.1) is 0 Å². The molecule has 0 aliphatic carbocycles. The molecule has 0 unspecified atom stereocenters. The van der Waals surface area contributed by atoms with Gasteiger partial charge in [-0.25, -0.2) is 4.79 Å². The fourth-order valence-corrected chi connectivity index (χ4v) is 3.88. The van der Waals surface area contributed by atoms with Crippen LogP contribution in [0.4, 0.5) is 4.79 Å². The second-order valence-electron chi connectivity index (χ2n) is 7.28. The Hall–Kier alpha value is -2.53. The van der Waals surface area contributed by atoms with Gasteiger partial charge in [0.15, 0.2) is 0 Å². The van der Waals surface area contributed by atoms with Crippen molar-refractivity contribution in [2.24, 2.45) is 0 Å². The van der Waals surface area contributed by atoms with Crippen LogP contribution >= 0.6 is 0 Å². The smallest absolute Gasteiger partial charge is 0.410 e. The maximum Gasteiger partial charge on any atom is 0.410 e. The van der Waals surface area contributed by atoms with E-state index in [9.17, 15) is 4.79 Å². The molecule has 2 aliphatic heterocycles. The van der Waals surface area contributed by atoms with Gasteiger partial charge in [0.1, 0.15) is 17.1 Å². The Bertz CT molecular complexity index is 763. The van der Waals surface area contributed by atoms with Crippen LogP contribution in [0, 0.1) is 0 Å². The van der Waals surface area contributed by atoms with Gasteiger partial charge in [-0.3, -0.25) is 4.90 Å². The summed E-state index contributed by atoms with van der Waals surface area (Å²) in [6.45, 7) is 3.37. The van der Waals surface area contributed by atoms with Gasteiger partial charge in [-0.05, 0) is 49.2 Å². The second-order valence-corrected chi connectivity index (χ2v) is 7.28. The Morgan fingerprint density at radius 2 is 1.77 bits per heavy atom. The highest BCUT2D eigenvalue weighted by Gasteiger charge is 2.46. The maximum absolute atomic E-state index is 11.8. The van der Waals surface area contributed by atoms with Crippen LogP contribution in [0.3, 0.4) is 0 Å². The third kappa shape index (κ3) is 3.68. The van der Waals surface area contributed by atoms with E-state index >= 15 is 0 Å². The normalized spacial score (nSPS) is 23.3. The molecular weight excluding hydrogens is 328 g/mol. The minimum Gasteiger partial charge on any atom is -0.457 e. The van der Waals surface area contributed by atoms with Crippen LogP contribution in [0.2, 0.25) is 0 Å². The molecule has 0 radical (unpaired) electrons. The zero-order chi connectivity index (χ0) is 18.0. The van der Waals surface area contributed by atoms with Crippen LogP contribution in [-0.4, -0.2) is 48.2 Å². The minimum atomic E-state index is -0.333. The van der Waals surface area contributed by atoms with Crippen LogP contribution in [0.5, 0.6) is 11.5 Å². The van der Waals surface area contributed by atoms with Crippen LogP contribution in [0.25, 0.3) is 0 Å². The Morgan fingerprint density at radius 3 is 2.46 bits per heavy atom. The molecule has 1 spiro atoms. The standard InChI is InChI=1S/C21H24N2O3/c1-22-15-21(26-20(22)24)12-5-13-23(16-21)14-17-8-10-19(11-9-17)25-18-6-3-2-4-7-18/h2-4,6-11H,5,12-16H2,1H3/t21-/m1/s1. The lowest BCUT2D eigenvalue weighted by molar-refractivity contribution is -0.0113. The number of nitrogens with zero attached hydrogens (tertiary/aromatic N) is 2. The maximum atomic E-state index is 11.8. The average Bonchev–Trinajstić information content (AvgIpc) is 2.90. The number of likely N-dealkylation sites (N-methyl/N-ethyl adjacent to an activating group) is 1. The molecule has 2 saturated heterocycles. The summed E-state index contributed by atoms with van der Waals surface area (Å²) in [6.07, 6.45) is 1.80. The van der Waals surface area contributed by atoms with E-state index in [-0.39, 0.29) is 11.7 Å². The summed E-state index contributed by atoms with van der Waals surface area (Å²) < 4.78 is 11.5. The molecule has 0 aromatic heterocycles. The fraction of sp³-hybridized carbons (Fsp3) is 0.381. The fourth-order valence-electron chi connectivity index (χ4n) is 3.88. The number of hydrogen-bond acceptors (Lipinski definition) is 4. The van der Waals surface area contributed by atoms with Crippen molar-refractivity contribution >= 4 is 6.09 Å². The van der Waals surface area contributed by atoms with Gasteiger partial charge in [-0.1, -0.05) is 30.3 Å². The molecule has 0 saturated carbocycles. The van der Waals surface area contributed by atoms with Crippen LogP contribution in [0.15, 0.2) is 54.6 Å². The van der Waals surface area contributed by atoms with Gasteiger partial charge in [0.2, 0.25) is 0 Å². The summed E-state index contributed by atoms with van der Waals surface area (Å²) in [5, 5.41) is 0. The third-order valence-corrected chi connectivity index (χ3v) is 5.07. The van der Waals surface area contributed by atoms with Gasteiger partial charge >= 0.3 is 6.09 Å². The van der Waals surface area contributed by atoms with E-state index in [1.807, 2.05) is 49.5 Å². The van der Waals surface area contributed by atoms with E-state index in [1.54, 1.807) is 4.90 Å². The zero-order valence-corrected chi connectivity index (χ0v) is 15.1.